The summed E-state index contributed by atoms with van der Waals surface area (Å²) in [6.45, 7) is 10.0. The van der Waals surface area contributed by atoms with Crippen molar-refractivity contribution >= 4 is 18.1 Å². The minimum absolute atomic E-state index is 0.0514. The Morgan fingerprint density at radius 2 is 2.14 bits per heavy atom. The van der Waals surface area contributed by atoms with Crippen molar-refractivity contribution in [1.82, 2.24) is 25.0 Å². The summed E-state index contributed by atoms with van der Waals surface area (Å²) in [4.78, 5) is 14.9. The predicted molar refractivity (Wildman–Crippen MR) is 115 cm³/mol. The van der Waals surface area contributed by atoms with Crippen LogP contribution in [-0.4, -0.2) is 51.2 Å². The molecule has 0 saturated carbocycles. The number of piperidine rings is 1. The number of nitrogens with one attached hydrogen (secondary N) is 2. The van der Waals surface area contributed by atoms with Crippen molar-refractivity contribution in [1.29, 1.82) is 0 Å². The fraction of sp³-hybridized carbons (Fsp3) is 0.571. The topological polar surface area (TPSA) is 66.0 Å². The number of nitrogens with zero attached hydrogens (tertiary/aromatic N) is 3. The highest BCUT2D eigenvalue weighted by molar-refractivity contribution is 7.71. The monoisotopic (exact) mass is 401 g/mol. The number of benzene rings is 1. The van der Waals surface area contributed by atoms with Crippen molar-refractivity contribution in [3.63, 3.8) is 0 Å². The highest BCUT2D eigenvalue weighted by atomic mass is 32.1. The Morgan fingerprint density at radius 3 is 2.86 bits per heavy atom. The Morgan fingerprint density at radius 1 is 1.39 bits per heavy atom. The summed E-state index contributed by atoms with van der Waals surface area (Å²) < 4.78 is 2.44. The third-order valence-corrected chi connectivity index (χ3v) is 5.94. The van der Waals surface area contributed by atoms with Crippen LogP contribution in [0.2, 0.25) is 0 Å². The normalized spacial score (nSPS) is 16.8. The molecule has 1 fully saturated rings. The maximum Gasteiger partial charge on any atom is 0.221 e. The number of amides is 1. The number of aromatic amines is 1. The maximum atomic E-state index is 12.4. The quantitative estimate of drug-likeness (QED) is 0.697. The molecular formula is C21H31N5OS. The summed E-state index contributed by atoms with van der Waals surface area (Å²) in [6.07, 6.45) is 2.88. The van der Waals surface area contributed by atoms with Crippen molar-refractivity contribution in [2.24, 2.45) is 5.92 Å². The summed E-state index contributed by atoms with van der Waals surface area (Å²) >= 11 is 5.37. The van der Waals surface area contributed by atoms with E-state index < -0.39 is 0 Å². The lowest BCUT2D eigenvalue weighted by atomic mass is 9.98. The van der Waals surface area contributed by atoms with E-state index in [0.29, 0.717) is 30.3 Å². The third-order valence-electron chi connectivity index (χ3n) is 5.63. The van der Waals surface area contributed by atoms with Gasteiger partial charge in [0.1, 0.15) is 0 Å². The van der Waals surface area contributed by atoms with Crippen molar-refractivity contribution < 1.29 is 4.79 Å². The van der Waals surface area contributed by atoms with E-state index in [1.807, 2.05) is 29.7 Å². The first-order chi connectivity index (χ1) is 13.4. The molecule has 0 aliphatic carbocycles. The zero-order chi connectivity index (χ0) is 20.1. The van der Waals surface area contributed by atoms with E-state index in [4.69, 9.17) is 12.2 Å². The van der Waals surface area contributed by atoms with Crippen LogP contribution in [0.25, 0.3) is 11.4 Å². The Bertz CT molecular complexity index is 850. The van der Waals surface area contributed by atoms with Gasteiger partial charge in [0.25, 0.3) is 0 Å². The number of hydrogen-bond donors (Lipinski definition) is 2. The van der Waals surface area contributed by atoms with Crippen LogP contribution in [0.15, 0.2) is 24.3 Å². The van der Waals surface area contributed by atoms with Gasteiger partial charge in [-0.2, -0.15) is 5.10 Å². The first-order valence-corrected chi connectivity index (χ1v) is 10.6. The van der Waals surface area contributed by atoms with Crippen LogP contribution in [-0.2, 0) is 11.3 Å². The van der Waals surface area contributed by atoms with Crippen LogP contribution in [0.3, 0.4) is 0 Å². The molecule has 0 spiro atoms. The summed E-state index contributed by atoms with van der Waals surface area (Å²) in [5.74, 6) is 1.65. The Hall–Kier alpha value is -1.99. The number of H-pyrrole nitrogens is 1. The van der Waals surface area contributed by atoms with Gasteiger partial charge in [-0.25, -0.2) is 0 Å². The molecule has 1 aromatic carbocycles. The van der Waals surface area contributed by atoms with Crippen molar-refractivity contribution in [3.8, 4) is 11.4 Å². The molecule has 28 heavy (non-hydrogen) atoms. The van der Waals surface area contributed by atoms with E-state index >= 15 is 0 Å². The molecule has 0 radical (unpaired) electrons. The molecule has 1 aromatic heterocycles. The molecule has 3 rings (SSSR count). The molecule has 1 atom stereocenters. The molecule has 7 heteroatoms. The minimum atomic E-state index is 0.0514. The molecule has 1 aliphatic rings. The number of carbonyl (C=O) groups is 1. The Balaban J connectivity index is 1.52. The van der Waals surface area contributed by atoms with Crippen LogP contribution in [0, 0.1) is 17.6 Å². The largest absolute Gasteiger partial charge is 0.354 e. The van der Waals surface area contributed by atoms with Crippen molar-refractivity contribution in [3.05, 3.63) is 34.6 Å². The molecule has 2 heterocycles. The first kappa shape index (κ1) is 20.7. The maximum absolute atomic E-state index is 12.4. The lowest BCUT2D eigenvalue weighted by Crippen LogP contribution is -2.45. The van der Waals surface area contributed by atoms with Crippen molar-refractivity contribution in [2.75, 3.05) is 19.6 Å². The lowest BCUT2D eigenvalue weighted by Gasteiger charge is -2.35. The fourth-order valence-corrected chi connectivity index (χ4v) is 3.91. The smallest absolute Gasteiger partial charge is 0.221 e. The Kier molecular flexibility index (Phi) is 7.02. The average Bonchev–Trinajstić information content (AvgIpc) is 3.05. The molecule has 2 aromatic rings. The molecule has 1 amide bonds. The second kappa shape index (κ2) is 9.47. The molecule has 6 nitrogen and oxygen atoms in total. The number of rotatable bonds is 7. The van der Waals surface area contributed by atoms with Gasteiger partial charge in [0.05, 0.1) is 0 Å². The van der Waals surface area contributed by atoms with Gasteiger partial charge < -0.3 is 5.32 Å². The predicted octanol–water partition coefficient (Wildman–Crippen LogP) is 3.54. The Labute approximate surface area is 172 Å². The molecule has 2 N–H and O–H groups in total. The number of hydrogen-bond acceptors (Lipinski definition) is 4. The summed E-state index contributed by atoms with van der Waals surface area (Å²) in [7, 11) is 0. The average molecular weight is 402 g/mol. The van der Waals surface area contributed by atoms with Gasteiger partial charge in [0, 0.05) is 31.1 Å². The van der Waals surface area contributed by atoms with Gasteiger partial charge in [-0.1, -0.05) is 30.7 Å². The second-order valence-electron chi connectivity index (χ2n) is 8.00. The van der Waals surface area contributed by atoms with Gasteiger partial charge in [0.15, 0.2) is 10.6 Å². The van der Waals surface area contributed by atoms with Crippen LogP contribution >= 0.6 is 12.2 Å². The number of carbonyl (C=O) groups excluding carboxylic acids is 1. The van der Waals surface area contributed by atoms with Crippen LogP contribution < -0.4 is 5.32 Å². The number of likely N-dealkylation sites (tertiary alicyclic amines) is 1. The van der Waals surface area contributed by atoms with E-state index in [-0.39, 0.29) is 5.91 Å². The van der Waals surface area contributed by atoms with Gasteiger partial charge in [-0.15, -0.1) is 0 Å². The van der Waals surface area contributed by atoms with E-state index in [1.165, 1.54) is 12.8 Å². The standard InChI is InChI=1S/C21H31N5OS/c1-15-7-10-25(11-8-15)17(3)14-22-19(27)9-12-26-20(23-24-21(26)28)18-6-4-5-16(2)13-18/h4-6,13,15,17H,7-12,14H2,1-3H3,(H,22,27)(H,24,28). The molecule has 152 valence electrons. The zero-order valence-corrected chi connectivity index (χ0v) is 17.9. The summed E-state index contributed by atoms with van der Waals surface area (Å²) in [5, 5.41) is 10.3. The number of aryl methyl sites for hydroxylation is 1. The first-order valence-electron chi connectivity index (χ1n) is 10.2. The van der Waals surface area contributed by atoms with E-state index in [2.05, 4.69) is 40.3 Å². The fourth-order valence-electron chi connectivity index (χ4n) is 3.69. The molecule has 0 bridgehead atoms. The van der Waals surface area contributed by atoms with Crippen LogP contribution in [0.4, 0.5) is 0 Å². The highest BCUT2D eigenvalue weighted by Crippen LogP contribution is 2.19. The zero-order valence-electron chi connectivity index (χ0n) is 17.1. The van der Waals surface area contributed by atoms with Gasteiger partial charge in [0.2, 0.25) is 5.91 Å². The van der Waals surface area contributed by atoms with E-state index in [1.54, 1.807) is 0 Å². The third kappa shape index (κ3) is 5.29. The molecule has 1 aliphatic heterocycles. The molecule has 1 saturated heterocycles. The van der Waals surface area contributed by atoms with E-state index in [9.17, 15) is 4.79 Å². The molecular weight excluding hydrogens is 370 g/mol. The van der Waals surface area contributed by atoms with E-state index in [0.717, 1.165) is 36.0 Å². The van der Waals surface area contributed by atoms with Crippen LogP contribution in [0.5, 0.6) is 0 Å². The van der Waals surface area contributed by atoms with Gasteiger partial charge in [-0.3, -0.25) is 19.4 Å². The summed E-state index contributed by atoms with van der Waals surface area (Å²) in [6, 6.07) is 8.50. The minimum Gasteiger partial charge on any atom is -0.354 e. The van der Waals surface area contributed by atoms with Gasteiger partial charge >= 0.3 is 0 Å². The molecule has 1 unspecified atom stereocenters. The SMILES string of the molecule is Cc1cccc(-c2n[nH]c(=S)n2CCC(=O)NCC(C)N2CCC(C)CC2)c1. The van der Waals surface area contributed by atoms with Crippen LogP contribution in [0.1, 0.15) is 38.7 Å². The summed E-state index contributed by atoms with van der Waals surface area (Å²) in [5.41, 5.74) is 2.16. The number of aromatic nitrogens is 3. The lowest BCUT2D eigenvalue weighted by molar-refractivity contribution is -0.121. The van der Waals surface area contributed by atoms with Gasteiger partial charge in [-0.05, 0) is 64.0 Å². The van der Waals surface area contributed by atoms with Crippen molar-refractivity contribution in [2.45, 2.75) is 52.6 Å². The highest BCUT2D eigenvalue weighted by Gasteiger charge is 2.20. The second-order valence-corrected chi connectivity index (χ2v) is 8.38.